The molecule has 0 saturated carbocycles. The number of hydrogen-bond acceptors (Lipinski definition) is 6. The van der Waals surface area contributed by atoms with Crippen LogP contribution in [0.25, 0.3) is 5.70 Å². The van der Waals surface area contributed by atoms with Crippen molar-refractivity contribution < 1.29 is 9.53 Å². The smallest absolute Gasteiger partial charge is 0.276 e. The lowest BCUT2D eigenvalue weighted by atomic mass is 10.1. The van der Waals surface area contributed by atoms with E-state index >= 15 is 0 Å². The molecular formula is C26H24N4O2S. The molecule has 166 valence electrons. The van der Waals surface area contributed by atoms with Crippen LogP contribution in [-0.2, 0) is 11.4 Å². The van der Waals surface area contributed by atoms with Crippen molar-refractivity contribution in [3.05, 3.63) is 101 Å². The zero-order valence-electron chi connectivity index (χ0n) is 18.3. The van der Waals surface area contributed by atoms with Gasteiger partial charge in [0.15, 0.2) is 11.3 Å². The molecule has 0 spiro atoms. The Morgan fingerprint density at radius 1 is 1.00 bits per heavy atom. The van der Waals surface area contributed by atoms with E-state index in [-0.39, 0.29) is 5.91 Å². The zero-order chi connectivity index (χ0) is 22.6. The van der Waals surface area contributed by atoms with Crippen molar-refractivity contribution in [2.45, 2.75) is 26.1 Å². The number of para-hydroxylation sites is 1. The number of carbonyl (C=O) groups excluding carboxylic acids is 1. The van der Waals surface area contributed by atoms with E-state index in [0.717, 1.165) is 39.6 Å². The second-order valence-electron chi connectivity index (χ2n) is 7.76. The van der Waals surface area contributed by atoms with Crippen LogP contribution >= 0.6 is 11.8 Å². The lowest BCUT2D eigenvalue weighted by Crippen LogP contribution is -2.50. The molecule has 3 aromatic rings. The van der Waals surface area contributed by atoms with E-state index in [0.29, 0.717) is 17.5 Å². The van der Waals surface area contributed by atoms with Crippen molar-refractivity contribution in [3.8, 4) is 5.75 Å². The lowest BCUT2D eigenvalue weighted by molar-refractivity contribution is -0.116. The summed E-state index contributed by atoms with van der Waals surface area (Å²) in [7, 11) is 0. The predicted molar refractivity (Wildman–Crippen MR) is 131 cm³/mol. The van der Waals surface area contributed by atoms with Crippen LogP contribution in [0.4, 0.5) is 0 Å². The summed E-state index contributed by atoms with van der Waals surface area (Å²) in [5, 5.41) is 11.6. The Labute approximate surface area is 196 Å². The SMILES string of the molecule is CCCSC1=NN2C(=c3ccccc3=N[C@H]2c2ccc(OCc3ccccc3)cc2)C(=O)N1. The van der Waals surface area contributed by atoms with Gasteiger partial charge in [0.1, 0.15) is 18.1 Å². The molecule has 7 heteroatoms. The number of nitrogens with one attached hydrogen (secondary N) is 1. The molecule has 0 fully saturated rings. The van der Waals surface area contributed by atoms with Crippen LogP contribution in [0.2, 0.25) is 0 Å². The summed E-state index contributed by atoms with van der Waals surface area (Å²) in [6, 6.07) is 25.6. The lowest BCUT2D eigenvalue weighted by Gasteiger charge is -2.34. The third kappa shape index (κ3) is 4.50. The summed E-state index contributed by atoms with van der Waals surface area (Å²) in [4.78, 5) is 18.0. The second kappa shape index (κ2) is 9.50. The normalized spacial score (nSPS) is 16.8. The summed E-state index contributed by atoms with van der Waals surface area (Å²) in [6.07, 6.45) is 0.568. The Morgan fingerprint density at radius 2 is 1.76 bits per heavy atom. The maximum atomic E-state index is 13.1. The number of rotatable bonds is 6. The fraction of sp³-hybridized carbons (Fsp3) is 0.192. The molecule has 2 aliphatic rings. The fourth-order valence-electron chi connectivity index (χ4n) is 3.79. The molecule has 2 aliphatic heterocycles. The first kappa shape index (κ1) is 21.3. The maximum absolute atomic E-state index is 13.1. The van der Waals surface area contributed by atoms with Crippen molar-refractivity contribution in [2.24, 2.45) is 10.1 Å². The summed E-state index contributed by atoms with van der Waals surface area (Å²) >= 11 is 1.54. The van der Waals surface area contributed by atoms with Crippen LogP contribution in [0.3, 0.4) is 0 Å². The standard InChI is InChI=1S/C26H24N4O2S/c1-2-16-33-26-28-25(31)23-21-10-6-7-11-22(21)27-24(30(23)29-26)19-12-14-20(15-13-19)32-17-18-8-4-3-5-9-18/h3-15,24H,2,16-17H2,1H3,(H,28,29,31)/t24-/m1/s1. The van der Waals surface area contributed by atoms with Gasteiger partial charge in [0.25, 0.3) is 5.91 Å². The molecule has 3 aromatic carbocycles. The van der Waals surface area contributed by atoms with E-state index in [4.69, 9.17) is 14.8 Å². The van der Waals surface area contributed by atoms with Gasteiger partial charge in [-0.25, -0.2) is 5.01 Å². The Hall–Kier alpha value is -3.58. The average molecular weight is 457 g/mol. The average Bonchev–Trinajstić information content (AvgIpc) is 2.86. The molecule has 0 radical (unpaired) electrons. The van der Waals surface area contributed by atoms with Crippen LogP contribution in [0.5, 0.6) is 5.75 Å². The van der Waals surface area contributed by atoms with Crippen LogP contribution in [-0.4, -0.2) is 21.8 Å². The first-order valence-electron chi connectivity index (χ1n) is 11.0. The van der Waals surface area contributed by atoms with Gasteiger partial charge in [-0.1, -0.05) is 79.3 Å². The number of ether oxygens (including phenoxy) is 1. The number of amidine groups is 1. The van der Waals surface area contributed by atoms with E-state index in [9.17, 15) is 4.79 Å². The van der Waals surface area contributed by atoms with E-state index in [2.05, 4.69) is 12.2 Å². The van der Waals surface area contributed by atoms with Gasteiger partial charge in [-0.15, -0.1) is 5.10 Å². The quantitative estimate of drug-likeness (QED) is 0.616. The Kier molecular flexibility index (Phi) is 6.13. The van der Waals surface area contributed by atoms with Crippen LogP contribution in [0.15, 0.2) is 89.0 Å². The van der Waals surface area contributed by atoms with Gasteiger partial charge in [0.2, 0.25) is 0 Å². The zero-order valence-corrected chi connectivity index (χ0v) is 19.1. The first-order chi connectivity index (χ1) is 16.2. The molecular weight excluding hydrogens is 432 g/mol. The number of thioether (sulfide) groups is 1. The predicted octanol–water partition coefficient (Wildman–Crippen LogP) is 3.55. The van der Waals surface area contributed by atoms with E-state index in [1.807, 2.05) is 78.9 Å². The second-order valence-corrected chi connectivity index (χ2v) is 8.85. The Balaban J connectivity index is 1.46. The topological polar surface area (TPSA) is 66.3 Å². The monoisotopic (exact) mass is 456 g/mol. The highest BCUT2D eigenvalue weighted by Crippen LogP contribution is 2.31. The number of hydrogen-bond donors (Lipinski definition) is 1. The molecule has 2 heterocycles. The number of carbonyl (C=O) groups is 1. The number of nitrogens with zero attached hydrogens (tertiary/aromatic N) is 3. The van der Waals surface area contributed by atoms with Crippen molar-refractivity contribution in [1.82, 2.24) is 10.3 Å². The van der Waals surface area contributed by atoms with Crippen LogP contribution in [0, 0.1) is 0 Å². The molecule has 0 aliphatic carbocycles. The third-order valence-electron chi connectivity index (χ3n) is 5.38. The molecule has 1 amide bonds. The summed E-state index contributed by atoms with van der Waals surface area (Å²) in [5.41, 5.74) is 2.58. The molecule has 0 unspecified atom stereocenters. The van der Waals surface area contributed by atoms with E-state index in [1.165, 1.54) is 0 Å². The van der Waals surface area contributed by atoms with Gasteiger partial charge in [-0.3, -0.25) is 15.1 Å². The Bertz CT molecular complexity index is 1310. The molecule has 6 nitrogen and oxygen atoms in total. The molecule has 33 heavy (non-hydrogen) atoms. The van der Waals surface area contributed by atoms with Crippen LogP contribution in [0.1, 0.15) is 30.6 Å². The summed E-state index contributed by atoms with van der Waals surface area (Å²) in [6.45, 7) is 2.61. The van der Waals surface area contributed by atoms with Gasteiger partial charge in [0, 0.05) is 11.0 Å². The first-order valence-corrected chi connectivity index (χ1v) is 12.0. The fourth-order valence-corrected chi connectivity index (χ4v) is 4.49. The maximum Gasteiger partial charge on any atom is 0.276 e. The number of hydrazone groups is 1. The molecule has 1 N–H and O–H groups in total. The van der Waals surface area contributed by atoms with Crippen molar-refractivity contribution in [3.63, 3.8) is 0 Å². The van der Waals surface area contributed by atoms with Crippen molar-refractivity contribution >= 4 is 28.5 Å². The molecule has 1 atom stereocenters. The third-order valence-corrected chi connectivity index (χ3v) is 6.45. The molecule has 0 bridgehead atoms. The van der Waals surface area contributed by atoms with E-state index in [1.54, 1.807) is 16.8 Å². The number of benzene rings is 3. The van der Waals surface area contributed by atoms with Crippen LogP contribution < -0.4 is 20.6 Å². The summed E-state index contributed by atoms with van der Waals surface area (Å²) in [5.74, 6) is 1.51. The van der Waals surface area contributed by atoms with Gasteiger partial charge in [-0.2, -0.15) is 0 Å². The Morgan fingerprint density at radius 3 is 2.55 bits per heavy atom. The highest BCUT2D eigenvalue weighted by atomic mass is 32.2. The largest absolute Gasteiger partial charge is 0.489 e. The van der Waals surface area contributed by atoms with Gasteiger partial charge < -0.3 is 4.74 Å². The van der Waals surface area contributed by atoms with Crippen molar-refractivity contribution in [1.29, 1.82) is 0 Å². The van der Waals surface area contributed by atoms with Gasteiger partial charge in [-0.05, 0) is 35.7 Å². The summed E-state index contributed by atoms with van der Waals surface area (Å²) < 4.78 is 5.93. The minimum absolute atomic E-state index is 0.154. The molecule has 0 saturated heterocycles. The van der Waals surface area contributed by atoms with Crippen molar-refractivity contribution in [2.75, 3.05) is 5.75 Å². The minimum Gasteiger partial charge on any atom is -0.489 e. The molecule has 0 aromatic heterocycles. The van der Waals surface area contributed by atoms with E-state index < -0.39 is 6.17 Å². The molecule has 5 rings (SSSR count). The number of amides is 1. The minimum atomic E-state index is -0.429. The highest BCUT2D eigenvalue weighted by molar-refractivity contribution is 8.13. The van der Waals surface area contributed by atoms with Gasteiger partial charge in [0.05, 0.1) is 5.36 Å². The van der Waals surface area contributed by atoms with Gasteiger partial charge >= 0.3 is 0 Å². The highest BCUT2D eigenvalue weighted by Gasteiger charge is 2.34. The number of fused-ring (bicyclic) bond motifs is 2.